The smallest absolute Gasteiger partial charge is 0.137 e. The highest BCUT2D eigenvalue weighted by Crippen LogP contribution is 2.35. The Hall–Kier alpha value is -3.04. The van der Waals surface area contributed by atoms with Gasteiger partial charge in [0, 0.05) is 37.8 Å². The molecule has 0 N–H and O–H groups in total. The standard InChI is InChI=1S/C24H14BrNO/c25-15-9-12-23-20(13-15)19-11-10-16(14-24(19)27-23)26-21-7-3-1-5-17(21)18-6-2-4-8-22(18)26/h1-14H. The Bertz CT molecular complexity index is 1440. The molecule has 6 aromatic rings. The Balaban J connectivity index is 1.71. The number of benzene rings is 4. The van der Waals surface area contributed by atoms with E-state index in [9.17, 15) is 0 Å². The predicted octanol–water partition coefficient (Wildman–Crippen LogP) is 7.45. The van der Waals surface area contributed by atoms with Gasteiger partial charge in [0.25, 0.3) is 0 Å². The summed E-state index contributed by atoms with van der Waals surface area (Å²) in [5.41, 5.74) is 5.34. The molecule has 2 nitrogen and oxygen atoms in total. The Morgan fingerprint density at radius 3 is 2.04 bits per heavy atom. The van der Waals surface area contributed by atoms with Crippen molar-refractivity contribution in [3.63, 3.8) is 0 Å². The largest absolute Gasteiger partial charge is 0.456 e. The van der Waals surface area contributed by atoms with E-state index in [1.54, 1.807) is 0 Å². The second kappa shape index (κ2) is 5.48. The van der Waals surface area contributed by atoms with Gasteiger partial charge in [-0.15, -0.1) is 0 Å². The van der Waals surface area contributed by atoms with Gasteiger partial charge in [0.2, 0.25) is 0 Å². The molecule has 0 fully saturated rings. The summed E-state index contributed by atoms with van der Waals surface area (Å²) in [4.78, 5) is 0. The van der Waals surface area contributed by atoms with E-state index in [4.69, 9.17) is 4.42 Å². The molecule has 0 aliphatic rings. The third kappa shape index (κ3) is 2.12. The molecule has 0 spiro atoms. The van der Waals surface area contributed by atoms with Gasteiger partial charge in [-0.05, 0) is 42.5 Å². The maximum absolute atomic E-state index is 6.14. The van der Waals surface area contributed by atoms with Gasteiger partial charge < -0.3 is 8.98 Å². The number of rotatable bonds is 1. The minimum absolute atomic E-state index is 0.905. The lowest BCUT2D eigenvalue weighted by Gasteiger charge is -2.07. The van der Waals surface area contributed by atoms with Crippen molar-refractivity contribution in [3.8, 4) is 5.69 Å². The fourth-order valence-electron chi connectivity index (χ4n) is 4.08. The van der Waals surface area contributed by atoms with Gasteiger partial charge in [-0.25, -0.2) is 0 Å². The van der Waals surface area contributed by atoms with E-state index >= 15 is 0 Å². The summed E-state index contributed by atoms with van der Waals surface area (Å²) in [6, 6.07) is 29.7. The molecule has 0 bridgehead atoms. The van der Waals surface area contributed by atoms with Crippen LogP contribution in [0.5, 0.6) is 0 Å². The van der Waals surface area contributed by atoms with E-state index in [1.165, 1.54) is 21.8 Å². The van der Waals surface area contributed by atoms with Gasteiger partial charge in [0.15, 0.2) is 0 Å². The van der Waals surface area contributed by atoms with Crippen molar-refractivity contribution in [2.45, 2.75) is 0 Å². The predicted molar refractivity (Wildman–Crippen MR) is 116 cm³/mol. The van der Waals surface area contributed by atoms with E-state index in [-0.39, 0.29) is 0 Å². The zero-order valence-corrected chi connectivity index (χ0v) is 15.9. The molecule has 0 saturated carbocycles. The molecule has 128 valence electrons. The highest BCUT2D eigenvalue weighted by molar-refractivity contribution is 9.10. The number of nitrogens with zero attached hydrogens (tertiary/aromatic N) is 1. The molecule has 6 rings (SSSR count). The van der Waals surface area contributed by atoms with Crippen molar-refractivity contribution in [2.24, 2.45) is 0 Å². The third-order valence-corrected chi connectivity index (χ3v) is 5.75. The van der Waals surface area contributed by atoms with Crippen LogP contribution in [0.15, 0.2) is 93.8 Å². The minimum Gasteiger partial charge on any atom is -0.456 e. The lowest BCUT2D eigenvalue weighted by atomic mass is 10.1. The van der Waals surface area contributed by atoms with Crippen LogP contribution in [0.2, 0.25) is 0 Å². The highest BCUT2D eigenvalue weighted by Gasteiger charge is 2.13. The topological polar surface area (TPSA) is 18.1 Å². The molecule has 0 atom stereocenters. The summed E-state index contributed by atoms with van der Waals surface area (Å²) >= 11 is 3.56. The summed E-state index contributed by atoms with van der Waals surface area (Å²) in [5, 5.41) is 4.80. The van der Waals surface area contributed by atoms with Crippen LogP contribution in [0, 0.1) is 0 Å². The average Bonchev–Trinajstić information content (AvgIpc) is 3.23. The maximum Gasteiger partial charge on any atom is 0.137 e. The Morgan fingerprint density at radius 2 is 1.30 bits per heavy atom. The SMILES string of the molecule is Brc1ccc2oc3cc(-n4c5ccccc5c5ccccc54)ccc3c2c1. The summed E-state index contributed by atoms with van der Waals surface area (Å²) in [6.07, 6.45) is 0. The number of para-hydroxylation sites is 2. The second-order valence-corrected chi connectivity index (χ2v) is 7.71. The van der Waals surface area contributed by atoms with Crippen molar-refractivity contribution in [3.05, 3.63) is 89.4 Å². The van der Waals surface area contributed by atoms with Crippen molar-refractivity contribution >= 4 is 59.7 Å². The van der Waals surface area contributed by atoms with Crippen LogP contribution >= 0.6 is 15.9 Å². The van der Waals surface area contributed by atoms with E-state index < -0.39 is 0 Å². The van der Waals surface area contributed by atoms with Crippen molar-refractivity contribution in [2.75, 3.05) is 0 Å². The number of aromatic nitrogens is 1. The molecular formula is C24H14BrNO. The van der Waals surface area contributed by atoms with E-state index in [0.29, 0.717) is 0 Å². The van der Waals surface area contributed by atoms with Crippen LogP contribution in [0.4, 0.5) is 0 Å². The van der Waals surface area contributed by atoms with Gasteiger partial charge in [0.05, 0.1) is 11.0 Å². The van der Waals surface area contributed by atoms with Gasteiger partial charge in [-0.3, -0.25) is 0 Å². The third-order valence-electron chi connectivity index (χ3n) is 5.26. The number of hydrogen-bond acceptors (Lipinski definition) is 1. The molecule has 27 heavy (non-hydrogen) atoms. The lowest BCUT2D eigenvalue weighted by molar-refractivity contribution is 0.668. The quantitative estimate of drug-likeness (QED) is 0.274. The molecule has 0 aliphatic heterocycles. The Labute approximate surface area is 163 Å². The summed E-state index contributed by atoms with van der Waals surface area (Å²) in [6.45, 7) is 0. The van der Waals surface area contributed by atoms with Crippen molar-refractivity contribution in [1.82, 2.24) is 4.57 Å². The maximum atomic E-state index is 6.14. The fraction of sp³-hybridized carbons (Fsp3) is 0. The first kappa shape index (κ1) is 15.1. The number of fused-ring (bicyclic) bond motifs is 6. The normalized spacial score (nSPS) is 11.9. The van der Waals surface area contributed by atoms with Gasteiger partial charge >= 0.3 is 0 Å². The Morgan fingerprint density at radius 1 is 0.593 bits per heavy atom. The molecule has 0 aliphatic carbocycles. The first-order chi connectivity index (χ1) is 13.3. The second-order valence-electron chi connectivity index (χ2n) is 6.79. The monoisotopic (exact) mass is 411 g/mol. The van der Waals surface area contributed by atoms with Crippen LogP contribution in [0.25, 0.3) is 49.4 Å². The van der Waals surface area contributed by atoms with Crippen molar-refractivity contribution in [1.29, 1.82) is 0 Å². The Kier molecular flexibility index (Phi) is 3.06. The van der Waals surface area contributed by atoms with Crippen molar-refractivity contribution < 1.29 is 4.42 Å². The molecule has 0 unspecified atom stereocenters. The zero-order valence-electron chi connectivity index (χ0n) is 14.3. The lowest BCUT2D eigenvalue weighted by Crippen LogP contribution is -1.93. The molecule has 0 amide bonds. The number of hydrogen-bond donors (Lipinski definition) is 0. The molecule has 3 heteroatoms. The number of furan rings is 1. The molecule has 2 aromatic heterocycles. The fourth-order valence-corrected chi connectivity index (χ4v) is 4.44. The summed E-state index contributed by atoms with van der Waals surface area (Å²) < 4.78 is 9.51. The zero-order chi connectivity index (χ0) is 18.0. The van der Waals surface area contributed by atoms with Gasteiger partial charge in [-0.2, -0.15) is 0 Å². The highest BCUT2D eigenvalue weighted by atomic mass is 79.9. The molecular weight excluding hydrogens is 398 g/mol. The summed E-state index contributed by atoms with van der Waals surface area (Å²) in [7, 11) is 0. The average molecular weight is 412 g/mol. The van der Waals surface area contributed by atoms with E-state index in [2.05, 4.69) is 93.3 Å². The molecule has 2 heterocycles. The van der Waals surface area contributed by atoms with E-state index in [0.717, 1.165) is 32.1 Å². The van der Waals surface area contributed by atoms with Gasteiger partial charge in [-0.1, -0.05) is 52.3 Å². The number of halogens is 1. The molecule has 0 radical (unpaired) electrons. The van der Waals surface area contributed by atoms with E-state index in [1.807, 2.05) is 12.1 Å². The van der Waals surface area contributed by atoms with Crippen LogP contribution in [-0.4, -0.2) is 4.57 Å². The van der Waals surface area contributed by atoms with Gasteiger partial charge in [0.1, 0.15) is 11.2 Å². The van der Waals surface area contributed by atoms with Crippen LogP contribution in [0.1, 0.15) is 0 Å². The first-order valence-corrected chi connectivity index (χ1v) is 9.69. The van der Waals surface area contributed by atoms with Crippen LogP contribution < -0.4 is 0 Å². The first-order valence-electron chi connectivity index (χ1n) is 8.90. The molecule has 0 saturated heterocycles. The molecule has 4 aromatic carbocycles. The summed E-state index contributed by atoms with van der Waals surface area (Å²) in [5.74, 6) is 0. The van der Waals surface area contributed by atoms with Crippen LogP contribution in [0.3, 0.4) is 0 Å². The van der Waals surface area contributed by atoms with Crippen LogP contribution in [-0.2, 0) is 0 Å². The minimum atomic E-state index is 0.905.